The van der Waals surface area contributed by atoms with Crippen molar-refractivity contribution in [1.29, 1.82) is 0 Å². The standard InChI is InChI=1S/C10H19BF3O.K/c1-2-3-4-5-6-7-8-9-10(15-9)11(12,13)14;/h9-10H,2-8H2,1H3;/q-1;+1/t9-,10+;/m1./s1. The molecule has 1 saturated heterocycles. The summed E-state index contributed by atoms with van der Waals surface area (Å²) in [6.45, 7) is -2.60. The maximum atomic E-state index is 12.1. The molecule has 0 aromatic heterocycles. The number of hydrogen-bond acceptors (Lipinski definition) is 1. The molecule has 0 N–H and O–H groups in total. The van der Waals surface area contributed by atoms with Gasteiger partial charge in [-0.25, -0.2) is 0 Å². The van der Waals surface area contributed by atoms with Gasteiger partial charge in [0.05, 0.1) is 12.1 Å². The van der Waals surface area contributed by atoms with E-state index in [1.165, 1.54) is 19.3 Å². The van der Waals surface area contributed by atoms with Gasteiger partial charge in [-0.2, -0.15) is 0 Å². The van der Waals surface area contributed by atoms with E-state index in [9.17, 15) is 12.9 Å². The molecule has 0 amide bonds. The van der Waals surface area contributed by atoms with Crippen LogP contribution in [-0.4, -0.2) is 19.1 Å². The third-order valence-corrected chi connectivity index (χ3v) is 2.84. The summed E-state index contributed by atoms with van der Waals surface area (Å²) < 4.78 is 40.9. The maximum absolute atomic E-state index is 12.1. The average Bonchev–Trinajstić information content (AvgIpc) is 2.89. The predicted octanol–water partition coefficient (Wildman–Crippen LogP) is 0.895. The molecule has 1 aliphatic rings. The predicted molar refractivity (Wildman–Crippen MR) is 55.7 cm³/mol. The molecule has 1 heterocycles. The largest absolute Gasteiger partial charge is 1.00 e. The molecule has 0 spiro atoms. The van der Waals surface area contributed by atoms with Gasteiger partial charge in [-0.3, -0.25) is 0 Å². The summed E-state index contributed by atoms with van der Waals surface area (Å²) in [6, 6.07) is -1.40. The van der Waals surface area contributed by atoms with Gasteiger partial charge in [0.25, 0.3) is 0 Å². The van der Waals surface area contributed by atoms with Gasteiger partial charge in [-0.1, -0.05) is 45.4 Å². The van der Waals surface area contributed by atoms with Crippen LogP contribution in [0.4, 0.5) is 12.9 Å². The molecule has 16 heavy (non-hydrogen) atoms. The van der Waals surface area contributed by atoms with Crippen LogP contribution in [0.15, 0.2) is 0 Å². The van der Waals surface area contributed by atoms with Crippen molar-refractivity contribution in [3.05, 3.63) is 0 Å². The van der Waals surface area contributed by atoms with Gasteiger partial charge in [-0.05, 0) is 6.42 Å². The van der Waals surface area contributed by atoms with Crippen molar-refractivity contribution in [2.45, 2.75) is 64.0 Å². The van der Waals surface area contributed by atoms with Crippen LogP contribution in [-0.2, 0) is 4.74 Å². The molecule has 1 nitrogen and oxygen atoms in total. The maximum Gasteiger partial charge on any atom is 1.00 e. The fraction of sp³-hybridized carbons (Fsp3) is 1.00. The second-order valence-electron chi connectivity index (χ2n) is 4.32. The smallest absolute Gasteiger partial charge is 0.447 e. The Balaban J connectivity index is 0.00000225. The second kappa shape index (κ2) is 8.54. The molecule has 1 aliphatic heterocycles. The molecule has 1 fully saturated rings. The molecule has 90 valence electrons. The molecule has 0 unspecified atom stereocenters. The Morgan fingerprint density at radius 3 is 2.06 bits per heavy atom. The van der Waals surface area contributed by atoms with Crippen LogP contribution in [0.3, 0.4) is 0 Å². The normalized spacial score (nSPS) is 24.0. The fourth-order valence-corrected chi connectivity index (χ4v) is 1.85. The molecule has 0 saturated carbocycles. The summed E-state index contributed by atoms with van der Waals surface area (Å²) >= 11 is 0. The average molecular weight is 262 g/mol. The van der Waals surface area contributed by atoms with E-state index >= 15 is 0 Å². The zero-order chi connectivity index (χ0) is 11.3. The van der Waals surface area contributed by atoms with Crippen molar-refractivity contribution in [3.8, 4) is 0 Å². The van der Waals surface area contributed by atoms with E-state index in [4.69, 9.17) is 0 Å². The van der Waals surface area contributed by atoms with Gasteiger partial charge in [0.2, 0.25) is 0 Å². The van der Waals surface area contributed by atoms with Crippen LogP contribution in [0.5, 0.6) is 0 Å². The third kappa shape index (κ3) is 7.01. The summed E-state index contributed by atoms with van der Waals surface area (Å²) in [5.41, 5.74) is 0. The number of hydrogen-bond donors (Lipinski definition) is 0. The quantitative estimate of drug-likeness (QED) is 0.359. The summed E-state index contributed by atoms with van der Waals surface area (Å²) in [6.07, 6.45) is 6.75. The van der Waals surface area contributed by atoms with Crippen molar-refractivity contribution in [2.24, 2.45) is 0 Å². The number of epoxide rings is 1. The monoisotopic (exact) mass is 262 g/mol. The molecule has 1 rings (SSSR count). The Bertz CT molecular complexity index is 189. The van der Waals surface area contributed by atoms with Crippen molar-refractivity contribution < 1.29 is 69.1 Å². The number of halogens is 3. The number of rotatable bonds is 8. The molecule has 0 aliphatic carbocycles. The van der Waals surface area contributed by atoms with Gasteiger partial charge in [0, 0.05) is 0 Å². The zero-order valence-electron chi connectivity index (χ0n) is 10.2. The molecule has 6 heteroatoms. The summed E-state index contributed by atoms with van der Waals surface area (Å²) in [7, 11) is 0. The minimum absolute atomic E-state index is 0. The Kier molecular flexibility index (Phi) is 9.31. The first-order chi connectivity index (χ1) is 7.05. The Labute approximate surface area is 138 Å². The molecule has 0 bridgehead atoms. The Hall–Kier alpha value is 1.45. The minimum atomic E-state index is -4.75. The van der Waals surface area contributed by atoms with Gasteiger partial charge in [0.15, 0.2) is 0 Å². The first-order valence-electron chi connectivity index (χ1n) is 5.91. The Morgan fingerprint density at radius 2 is 1.56 bits per heavy atom. The molecule has 0 aromatic carbocycles. The first-order valence-corrected chi connectivity index (χ1v) is 5.91. The van der Waals surface area contributed by atoms with Gasteiger partial charge >= 0.3 is 58.4 Å². The van der Waals surface area contributed by atoms with Crippen molar-refractivity contribution in [1.82, 2.24) is 0 Å². The van der Waals surface area contributed by atoms with Crippen LogP contribution in [0.25, 0.3) is 0 Å². The SMILES string of the molecule is CCCCCCCC[C@H]1O[C@@H]1[B-](F)(F)F.[K+]. The molecule has 2 atom stereocenters. The Morgan fingerprint density at radius 1 is 1.00 bits per heavy atom. The van der Waals surface area contributed by atoms with Gasteiger partial charge in [-0.15, -0.1) is 0 Å². The topological polar surface area (TPSA) is 12.5 Å². The van der Waals surface area contributed by atoms with E-state index in [0.29, 0.717) is 6.42 Å². The van der Waals surface area contributed by atoms with Crippen molar-refractivity contribution >= 4 is 6.98 Å². The minimum Gasteiger partial charge on any atom is -0.447 e. The summed E-state index contributed by atoms with van der Waals surface area (Å²) in [5, 5.41) is 0. The summed E-state index contributed by atoms with van der Waals surface area (Å²) in [5.74, 6) is 0. The van der Waals surface area contributed by atoms with Crippen LogP contribution in [0, 0.1) is 0 Å². The van der Waals surface area contributed by atoms with E-state index in [1.54, 1.807) is 0 Å². The molecular formula is C10H19BF3KO. The van der Waals surface area contributed by atoms with Gasteiger partial charge in [0.1, 0.15) is 0 Å². The summed E-state index contributed by atoms with van der Waals surface area (Å²) in [4.78, 5) is 0. The van der Waals surface area contributed by atoms with E-state index < -0.39 is 19.1 Å². The number of ether oxygens (including phenoxy) is 1. The van der Waals surface area contributed by atoms with Crippen LogP contribution >= 0.6 is 0 Å². The van der Waals surface area contributed by atoms with Crippen LogP contribution in [0.1, 0.15) is 51.9 Å². The van der Waals surface area contributed by atoms with E-state index in [1.807, 2.05) is 0 Å². The molecule has 0 radical (unpaired) electrons. The van der Waals surface area contributed by atoms with Gasteiger partial charge < -0.3 is 17.7 Å². The first kappa shape index (κ1) is 17.5. The van der Waals surface area contributed by atoms with Crippen LogP contribution < -0.4 is 51.4 Å². The van der Waals surface area contributed by atoms with E-state index in [2.05, 4.69) is 11.7 Å². The van der Waals surface area contributed by atoms with E-state index in [0.717, 1.165) is 19.3 Å². The molecule has 0 aromatic rings. The van der Waals surface area contributed by atoms with Crippen LogP contribution in [0.2, 0.25) is 0 Å². The third-order valence-electron chi connectivity index (χ3n) is 2.84. The fourth-order valence-electron chi connectivity index (χ4n) is 1.85. The van der Waals surface area contributed by atoms with Crippen molar-refractivity contribution in [3.63, 3.8) is 0 Å². The van der Waals surface area contributed by atoms with E-state index in [-0.39, 0.29) is 51.4 Å². The zero-order valence-corrected chi connectivity index (χ0v) is 13.3. The molecular weight excluding hydrogens is 243 g/mol. The van der Waals surface area contributed by atoms with Crippen molar-refractivity contribution in [2.75, 3.05) is 0 Å². The second-order valence-corrected chi connectivity index (χ2v) is 4.32. The number of unbranched alkanes of at least 4 members (excludes halogenated alkanes) is 5.